The number of hydrogen-bond donors (Lipinski definition) is 0. The van der Waals surface area contributed by atoms with Crippen LogP contribution >= 0.6 is 11.8 Å². The number of aliphatic imine (C=N–C) groups is 1. The summed E-state index contributed by atoms with van der Waals surface area (Å²) in [5, 5.41) is 0.731. The molecule has 0 aromatic heterocycles. The molecule has 0 unspecified atom stereocenters. The normalized spacial score (nSPS) is 15.1. The van der Waals surface area contributed by atoms with E-state index in [0.29, 0.717) is 0 Å². The van der Waals surface area contributed by atoms with E-state index in [1.54, 1.807) is 18.9 Å². The van der Waals surface area contributed by atoms with Gasteiger partial charge in [-0.1, -0.05) is 23.9 Å². The molecule has 4 heteroatoms. The Morgan fingerprint density at radius 2 is 2.07 bits per heavy atom. The average molecular weight is 209 g/mol. The van der Waals surface area contributed by atoms with Crippen LogP contribution < -0.4 is 9.47 Å². The molecular formula is C10H11NO2S. The minimum atomic E-state index is 0.725. The number of rotatable bonds is 2. The molecule has 1 aliphatic rings. The zero-order valence-corrected chi connectivity index (χ0v) is 8.71. The zero-order chi connectivity index (χ0) is 9.80. The molecule has 0 amide bonds. The first-order chi connectivity index (χ1) is 6.90. The number of benzene rings is 1. The molecule has 74 valence electrons. The fourth-order valence-electron chi connectivity index (χ4n) is 1.17. The van der Waals surface area contributed by atoms with Crippen LogP contribution in [0.1, 0.15) is 0 Å². The lowest BCUT2D eigenvalue weighted by Crippen LogP contribution is -2.01. The van der Waals surface area contributed by atoms with Gasteiger partial charge < -0.3 is 9.47 Å². The van der Waals surface area contributed by atoms with Gasteiger partial charge in [0.25, 0.3) is 5.23 Å². The van der Waals surface area contributed by atoms with Crippen LogP contribution in [-0.4, -0.2) is 24.6 Å². The van der Waals surface area contributed by atoms with Gasteiger partial charge in [-0.15, -0.1) is 0 Å². The summed E-state index contributed by atoms with van der Waals surface area (Å²) in [5.41, 5.74) is 0. The molecule has 3 nitrogen and oxygen atoms in total. The van der Waals surface area contributed by atoms with Crippen molar-refractivity contribution in [1.82, 2.24) is 0 Å². The average Bonchev–Trinajstić information content (AvgIpc) is 2.71. The van der Waals surface area contributed by atoms with Crippen molar-refractivity contribution in [3.05, 3.63) is 24.3 Å². The first kappa shape index (κ1) is 9.40. The topological polar surface area (TPSA) is 30.8 Å². The van der Waals surface area contributed by atoms with Crippen LogP contribution in [0.3, 0.4) is 0 Å². The fraction of sp³-hybridized carbons (Fsp3) is 0.300. The summed E-state index contributed by atoms with van der Waals surface area (Å²) in [5.74, 6) is 2.47. The minimum Gasteiger partial charge on any atom is -0.493 e. The van der Waals surface area contributed by atoms with Crippen molar-refractivity contribution in [2.24, 2.45) is 4.99 Å². The number of nitrogens with zero attached hydrogens (tertiary/aromatic N) is 1. The molecule has 0 fully saturated rings. The summed E-state index contributed by atoms with van der Waals surface area (Å²) in [6.07, 6.45) is 0. The van der Waals surface area contributed by atoms with E-state index in [9.17, 15) is 0 Å². The number of methoxy groups -OCH3 is 1. The van der Waals surface area contributed by atoms with E-state index in [1.165, 1.54) is 0 Å². The lowest BCUT2D eigenvalue weighted by atomic mass is 10.3. The smallest absolute Gasteiger partial charge is 0.251 e. The standard InChI is InChI=1S/C10H11NO2S/c1-12-8-4-2-3-5-9(8)13-10-11-6-7-14-10/h2-5H,6-7H2,1H3. The molecule has 0 spiro atoms. The Morgan fingerprint density at radius 1 is 1.29 bits per heavy atom. The molecule has 1 aromatic rings. The molecule has 0 bridgehead atoms. The van der Waals surface area contributed by atoms with Gasteiger partial charge in [0.2, 0.25) is 0 Å². The molecular weight excluding hydrogens is 198 g/mol. The molecule has 14 heavy (non-hydrogen) atoms. The summed E-state index contributed by atoms with van der Waals surface area (Å²) >= 11 is 1.63. The predicted molar refractivity (Wildman–Crippen MR) is 58.4 cm³/mol. The molecule has 0 saturated heterocycles. The summed E-state index contributed by atoms with van der Waals surface area (Å²) in [6.45, 7) is 0.842. The van der Waals surface area contributed by atoms with Crippen LogP contribution in [0, 0.1) is 0 Å². The fourth-order valence-corrected chi connectivity index (χ4v) is 1.86. The van der Waals surface area contributed by atoms with E-state index in [0.717, 1.165) is 29.0 Å². The highest BCUT2D eigenvalue weighted by Gasteiger charge is 2.11. The van der Waals surface area contributed by atoms with E-state index < -0.39 is 0 Å². The molecule has 0 N–H and O–H groups in total. The van der Waals surface area contributed by atoms with Gasteiger partial charge in [0.05, 0.1) is 13.7 Å². The predicted octanol–water partition coefficient (Wildman–Crippen LogP) is 2.18. The minimum absolute atomic E-state index is 0.725. The molecule has 1 aromatic carbocycles. The maximum absolute atomic E-state index is 5.59. The Bertz CT molecular complexity index is 352. The van der Waals surface area contributed by atoms with Crippen LogP contribution in [0.25, 0.3) is 0 Å². The lowest BCUT2D eigenvalue weighted by molar-refractivity contribution is 0.393. The molecule has 1 heterocycles. The monoisotopic (exact) mass is 209 g/mol. The summed E-state index contributed by atoms with van der Waals surface area (Å²) < 4.78 is 10.8. The Kier molecular flexibility index (Phi) is 2.93. The SMILES string of the molecule is COc1ccccc1OC1=NCCS1. The van der Waals surface area contributed by atoms with Gasteiger partial charge >= 0.3 is 0 Å². The number of ether oxygens (including phenoxy) is 2. The van der Waals surface area contributed by atoms with Crippen molar-refractivity contribution in [2.45, 2.75) is 0 Å². The Balaban J connectivity index is 2.15. The first-order valence-electron chi connectivity index (χ1n) is 4.38. The number of hydrogen-bond acceptors (Lipinski definition) is 4. The zero-order valence-electron chi connectivity index (χ0n) is 7.90. The highest BCUT2D eigenvalue weighted by Crippen LogP contribution is 2.28. The quantitative estimate of drug-likeness (QED) is 0.748. The van der Waals surface area contributed by atoms with Crippen LogP contribution in [0.2, 0.25) is 0 Å². The molecule has 0 atom stereocenters. The number of thioether (sulfide) groups is 1. The summed E-state index contributed by atoms with van der Waals surface area (Å²) in [6, 6.07) is 7.57. The molecule has 1 aliphatic heterocycles. The van der Waals surface area contributed by atoms with Crippen molar-refractivity contribution in [3.63, 3.8) is 0 Å². The number of para-hydroxylation sites is 2. The Labute approximate surface area is 87.1 Å². The largest absolute Gasteiger partial charge is 0.493 e. The van der Waals surface area contributed by atoms with Gasteiger partial charge in [-0.05, 0) is 12.1 Å². The summed E-state index contributed by atoms with van der Waals surface area (Å²) in [4.78, 5) is 4.21. The van der Waals surface area contributed by atoms with Gasteiger partial charge in [-0.2, -0.15) is 0 Å². The molecule has 0 saturated carbocycles. The van der Waals surface area contributed by atoms with Gasteiger partial charge in [0.15, 0.2) is 11.5 Å². The third kappa shape index (κ3) is 2.01. The van der Waals surface area contributed by atoms with Crippen molar-refractivity contribution in [2.75, 3.05) is 19.4 Å². The van der Waals surface area contributed by atoms with E-state index in [2.05, 4.69) is 4.99 Å². The van der Waals surface area contributed by atoms with Crippen LogP contribution in [0.5, 0.6) is 11.5 Å². The maximum Gasteiger partial charge on any atom is 0.251 e. The second-order valence-electron chi connectivity index (χ2n) is 2.75. The van der Waals surface area contributed by atoms with Crippen molar-refractivity contribution < 1.29 is 9.47 Å². The van der Waals surface area contributed by atoms with Crippen molar-refractivity contribution >= 4 is 17.0 Å². The molecule has 0 radical (unpaired) electrons. The van der Waals surface area contributed by atoms with Gasteiger partial charge in [-0.25, -0.2) is 4.99 Å². The van der Waals surface area contributed by atoms with Gasteiger partial charge in [0, 0.05) is 5.75 Å². The third-order valence-corrected chi connectivity index (χ3v) is 2.67. The van der Waals surface area contributed by atoms with E-state index >= 15 is 0 Å². The highest BCUT2D eigenvalue weighted by molar-refractivity contribution is 8.13. The molecule has 0 aliphatic carbocycles. The second kappa shape index (κ2) is 4.37. The summed E-state index contributed by atoms with van der Waals surface area (Å²) in [7, 11) is 1.63. The highest BCUT2D eigenvalue weighted by atomic mass is 32.2. The van der Waals surface area contributed by atoms with Crippen LogP contribution in [0.15, 0.2) is 29.3 Å². The van der Waals surface area contributed by atoms with E-state index in [-0.39, 0.29) is 0 Å². The van der Waals surface area contributed by atoms with E-state index in [4.69, 9.17) is 9.47 Å². The Morgan fingerprint density at radius 3 is 2.71 bits per heavy atom. The lowest BCUT2D eigenvalue weighted by Gasteiger charge is -2.08. The van der Waals surface area contributed by atoms with E-state index in [1.807, 2.05) is 24.3 Å². The van der Waals surface area contributed by atoms with Gasteiger partial charge in [0.1, 0.15) is 0 Å². The molecule has 2 rings (SSSR count). The first-order valence-corrected chi connectivity index (χ1v) is 5.37. The maximum atomic E-state index is 5.59. The van der Waals surface area contributed by atoms with Crippen LogP contribution in [0.4, 0.5) is 0 Å². The van der Waals surface area contributed by atoms with Crippen molar-refractivity contribution in [3.8, 4) is 11.5 Å². The van der Waals surface area contributed by atoms with Crippen molar-refractivity contribution in [1.29, 1.82) is 0 Å². The second-order valence-corrected chi connectivity index (χ2v) is 3.80. The third-order valence-electron chi connectivity index (χ3n) is 1.82. The van der Waals surface area contributed by atoms with Gasteiger partial charge in [-0.3, -0.25) is 0 Å². The Hall–Kier alpha value is -1.16. The van der Waals surface area contributed by atoms with Crippen LogP contribution in [-0.2, 0) is 0 Å².